The van der Waals surface area contributed by atoms with Gasteiger partial charge in [-0.05, 0) is 52.0 Å². The normalized spacial score (nSPS) is 14.3. The van der Waals surface area contributed by atoms with Gasteiger partial charge in [-0.3, -0.25) is 0 Å². The van der Waals surface area contributed by atoms with Crippen molar-refractivity contribution in [3.63, 3.8) is 0 Å². The van der Waals surface area contributed by atoms with Crippen LogP contribution < -0.4 is 0 Å². The SMILES string of the molecule is CN(C)/C=C/C[Si](C)(O[Si](C)(C)C)O[Si](C)(C)C. The van der Waals surface area contributed by atoms with E-state index in [-0.39, 0.29) is 0 Å². The van der Waals surface area contributed by atoms with E-state index in [9.17, 15) is 0 Å². The molecule has 0 aromatic heterocycles. The van der Waals surface area contributed by atoms with E-state index in [0.717, 1.165) is 6.04 Å². The van der Waals surface area contributed by atoms with Gasteiger partial charge in [0.15, 0.2) is 16.6 Å². The quantitative estimate of drug-likeness (QED) is 0.667. The van der Waals surface area contributed by atoms with Gasteiger partial charge in [-0.25, -0.2) is 0 Å². The van der Waals surface area contributed by atoms with Gasteiger partial charge < -0.3 is 13.1 Å². The first-order chi connectivity index (χ1) is 7.83. The van der Waals surface area contributed by atoms with Crippen LogP contribution in [0.25, 0.3) is 0 Å². The highest BCUT2D eigenvalue weighted by Gasteiger charge is 2.39. The highest BCUT2D eigenvalue weighted by Crippen LogP contribution is 2.24. The number of rotatable bonds is 7. The Kier molecular flexibility index (Phi) is 6.55. The second kappa shape index (κ2) is 6.51. The summed E-state index contributed by atoms with van der Waals surface area (Å²) in [5.41, 5.74) is 0. The molecule has 0 saturated heterocycles. The standard InChI is InChI=1S/C12H31NO2Si3/c1-13(2)11-10-12-18(9,14-16(3,4)5)15-17(6,7)8/h10-11H,12H2,1-9H3/b11-10+. The summed E-state index contributed by atoms with van der Waals surface area (Å²) in [7, 11) is -1.12. The maximum Gasteiger partial charge on any atom is 0.318 e. The Morgan fingerprint density at radius 2 is 1.22 bits per heavy atom. The molecule has 0 fully saturated rings. The molecule has 0 N–H and O–H groups in total. The van der Waals surface area contributed by atoms with Crippen molar-refractivity contribution in [2.24, 2.45) is 0 Å². The fourth-order valence-electron chi connectivity index (χ4n) is 1.88. The molecular formula is C12H31NO2Si3. The Bertz CT molecular complexity index is 264. The summed E-state index contributed by atoms with van der Waals surface area (Å²) >= 11 is 0. The molecule has 0 aliphatic carbocycles. The molecule has 108 valence electrons. The van der Waals surface area contributed by atoms with Crippen LogP contribution in [0.15, 0.2) is 12.3 Å². The lowest BCUT2D eigenvalue weighted by Crippen LogP contribution is -2.52. The van der Waals surface area contributed by atoms with E-state index in [2.05, 4.69) is 63.0 Å². The number of nitrogens with zero attached hydrogens (tertiary/aromatic N) is 1. The Labute approximate surface area is 117 Å². The van der Waals surface area contributed by atoms with Crippen LogP contribution in [0.2, 0.25) is 51.9 Å². The molecule has 0 bridgehead atoms. The molecule has 0 spiro atoms. The van der Waals surface area contributed by atoms with Crippen LogP contribution in [0.3, 0.4) is 0 Å². The van der Waals surface area contributed by atoms with Gasteiger partial charge in [0.2, 0.25) is 0 Å². The predicted molar refractivity (Wildman–Crippen MR) is 88.1 cm³/mol. The second-order valence-electron chi connectivity index (χ2n) is 7.12. The zero-order chi connectivity index (χ0) is 14.6. The van der Waals surface area contributed by atoms with E-state index in [1.54, 1.807) is 0 Å². The van der Waals surface area contributed by atoms with Crippen molar-refractivity contribution < 1.29 is 8.23 Å². The average molecular weight is 306 g/mol. The molecule has 0 aliphatic heterocycles. The van der Waals surface area contributed by atoms with Crippen molar-refractivity contribution in [1.29, 1.82) is 0 Å². The fraction of sp³-hybridized carbons (Fsp3) is 0.833. The van der Waals surface area contributed by atoms with Crippen LogP contribution in [0.1, 0.15) is 0 Å². The summed E-state index contributed by atoms with van der Waals surface area (Å²) in [6.45, 7) is 15.6. The molecule has 0 aliphatic rings. The van der Waals surface area contributed by atoms with Crippen LogP contribution in [0.4, 0.5) is 0 Å². The minimum absolute atomic E-state index is 0.930. The topological polar surface area (TPSA) is 21.7 Å². The highest BCUT2D eigenvalue weighted by molar-refractivity contribution is 6.87. The molecule has 0 rings (SSSR count). The zero-order valence-corrected chi connectivity index (χ0v) is 16.6. The Morgan fingerprint density at radius 1 is 0.833 bits per heavy atom. The van der Waals surface area contributed by atoms with E-state index in [1.165, 1.54) is 0 Å². The molecule has 3 nitrogen and oxygen atoms in total. The van der Waals surface area contributed by atoms with Crippen molar-refractivity contribution in [2.45, 2.75) is 51.9 Å². The van der Waals surface area contributed by atoms with E-state index >= 15 is 0 Å². The third kappa shape index (κ3) is 10.1. The highest BCUT2D eigenvalue weighted by atomic mass is 28.5. The summed E-state index contributed by atoms with van der Waals surface area (Å²) in [6, 6.07) is 0.930. The van der Waals surface area contributed by atoms with Crippen LogP contribution in [-0.4, -0.2) is 44.2 Å². The Morgan fingerprint density at radius 3 is 1.50 bits per heavy atom. The summed E-state index contributed by atoms with van der Waals surface area (Å²) in [6.07, 6.45) is 4.28. The van der Waals surface area contributed by atoms with Crippen molar-refractivity contribution in [2.75, 3.05) is 14.1 Å². The number of allylic oxidation sites excluding steroid dienone is 1. The van der Waals surface area contributed by atoms with Gasteiger partial charge in [0.25, 0.3) is 0 Å². The van der Waals surface area contributed by atoms with Gasteiger partial charge in [0, 0.05) is 20.1 Å². The van der Waals surface area contributed by atoms with Crippen LogP contribution in [0, 0.1) is 0 Å². The Hall–Kier alpha value is 0.111. The average Bonchev–Trinajstić information content (AvgIpc) is 1.93. The van der Waals surface area contributed by atoms with Gasteiger partial charge in [0.05, 0.1) is 0 Å². The minimum Gasteiger partial charge on any atom is -0.436 e. The third-order valence-corrected chi connectivity index (χ3v) is 11.3. The maximum absolute atomic E-state index is 6.40. The van der Waals surface area contributed by atoms with Gasteiger partial charge in [-0.2, -0.15) is 0 Å². The van der Waals surface area contributed by atoms with Gasteiger partial charge in [-0.1, -0.05) is 6.08 Å². The van der Waals surface area contributed by atoms with E-state index in [1.807, 2.05) is 14.1 Å². The first kappa shape index (κ1) is 18.1. The zero-order valence-electron chi connectivity index (χ0n) is 13.6. The number of hydrogen-bond donors (Lipinski definition) is 0. The predicted octanol–water partition coefficient (Wildman–Crippen LogP) is 3.84. The molecule has 0 unspecified atom stereocenters. The summed E-state index contributed by atoms with van der Waals surface area (Å²) in [5.74, 6) is 0. The molecule has 6 heteroatoms. The molecule has 0 amide bonds. The first-order valence-corrected chi connectivity index (χ1v) is 15.9. The monoisotopic (exact) mass is 305 g/mol. The second-order valence-corrected chi connectivity index (χ2v) is 19.9. The van der Waals surface area contributed by atoms with Gasteiger partial charge >= 0.3 is 8.56 Å². The summed E-state index contributed by atoms with van der Waals surface area (Å²) in [5, 5.41) is 0. The summed E-state index contributed by atoms with van der Waals surface area (Å²) < 4.78 is 12.8. The smallest absolute Gasteiger partial charge is 0.318 e. The molecule has 0 aromatic carbocycles. The van der Waals surface area contributed by atoms with Crippen LogP contribution in [-0.2, 0) is 8.23 Å². The molecule has 0 heterocycles. The number of hydrogen-bond acceptors (Lipinski definition) is 3. The first-order valence-electron chi connectivity index (χ1n) is 6.56. The van der Waals surface area contributed by atoms with Crippen LogP contribution in [0.5, 0.6) is 0 Å². The van der Waals surface area contributed by atoms with E-state index in [0.29, 0.717) is 0 Å². The molecule has 0 saturated carbocycles. The molecular weight excluding hydrogens is 274 g/mol. The van der Waals surface area contributed by atoms with Crippen molar-refractivity contribution in [3.05, 3.63) is 12.3 Å². The minimum atomic E-state index is -2.08. The van der Waals surface area contributed by atoms with Crippen molar-refractivity contribution in [3.8, 4) is 0 Å². The molecule has 0 radical (unpaired) electrons. The largest absolute Gasteiger partial charge is 0.436 e. The van der Waals surface area contributed by atoms with Crippen molar-refractivity contribution >= 4 is 25.2 Å². The molecule has 0 aromatic rings. The lowest BCUT2D eigenvalue weighted by Gasteiger charge is -2.38. The molecule has 0 atom stereocenters. The Balaban J connectivity index is 4.81. The molecule has 18 heavy (non-hydrogen) atoms. The van der Waals surface area contributed by atoms with Crippen molar-refractivity contribution in [1.82, 2.24) is 4.90 Å². The fourth-order valence-corrected chi connectivity index (χ4v) is 14.0. The van der Waals surface area contributed by atoms with E-state index < -0.39 is 25.2 Å². The lowest BCUT2D eigenvalue weighted by atomic mass is 10.6. The third-order valence-electron chi connectivity index (χ3n) is 1.94. The van der Waals surface area contributed by atoms with E-state index in [4.69, 9.17) is 8.23 Å². The van der Waals surface area contributed by atoms with Gasteiger partial charge in [0.1, 0.15) is 0 Å². The van der Waals surface area contributed by atoms with Crippen LogP contribution >= 0.6 is 0 Å². The summed E-state index contributed by atoms with van der Waals surface area (Å²) in [4.78, 5) is 2.05. The van der Waals surface area contributed by atoms with Gasteiger partial charge in [-0.15, -0.1) is 0 Å². The lowest BCUT2D eigenvalue weighted by molar-refractivity contribution is 0.389. The maximum atomic E-state index is 6.40.